The summed E-state index contributed by atoms with van der Waals surface area (Å²) in [6.07, 6.45) is 1.11. The van der Waals surface area contributed by atoms with Crippen LogP contribution in [0.5, 0.6) is 0 Å². The number of nitrogens with zero attached hydrogens (tertiary/aromatic N) is 1. The molecule has 1 aromatic carbocycles. The van der Waals surface area contributed by atoms with Gasteiger partial charge in [-0.3, -0.25) is 4.99 Å². The number of aliphatic imine (C=N–C) groups is 1. The molecular formula is C12H15FN2S. The van der Waals surface area contributed by atoms with E-state index in [1.807, 2.05) is 6.07 Å². The third kappa shape index (κ3) is 2.55. The number of benzene rings is 1. The number of halogens is 1. The second-order valence-electron chi connectivity index (χ2n) is 3.88. The van der Waals surface area contributed by atoms with Crippen molar-refractivity contribution < 1.29 is 4.39 Å². The maximum Gasteiger partial charge on any atom is 0.161 e. The topological polar surface area (TPSA) is 24.4 Å². The van der Waals surface area contributed by atoms with Crippen LogP contribution in [-0.2, 0) is 0 Å². The van der Waals surface area contributed by atoms with E-state index >= 15 is 0 Å². The van der Waals surface area contributed by atoms with Crippen LogP contribution in [0.2, 0.25) is 0 Å². The SMILES string of the molecule is CCC1CN=C(Nc2ccc(C)c(F)c2)S1. The van der Waals surface area contributed by atoms with E-state index in [0.717, 1.165) is 23.8 Å². The van der Waals surface area contributed by atoms with E-state index < -0.39 is 0 Å². The van der Waals surface area contributed by atoms with Crippen molar-refractivity contribution >= 4 is 22.6 Å². The van der Waals surface area contributed by atoms with Gasteiger partial charge in [0.25, 0.3) is 0 Å². The van der Waals surface area contributed by atoms with Gasteiger partial charge in [0, 0.05) is 10.9 Å². The lowest BCUT2D eigenvalue weighted by Gasteiger charge is -2.07. The fourth-order valence-corrected chi connectivity index (χ4v) is 2.45. The minimum atomic E-state index is -0.180. The molecule has 0 aliphatic carbocycles. The first-order valence-electron chi connectivity index (χ1n) is 5.43. The highest BCUT2D eigenvalue weighted by molar-refractivity contribution is 8.15. The molecule has 2 rings (SSSR count). The monoisotopic (exact) mass is 238 g/mol. The first-order valence-corrected chi connectivity index (χ1v) is 6.31. The lowest BCUT2D eigenvalue weighted by molar-refractivity contribution is 0.619. The van der Waals surface area contributed by atoms with Crippen molar-refractivity contribution in [1.29, 1.82) is 0 Å². The maximum atomic E-state index is 13.3. The molecule has 1 aliphatic heterocycles. The van der Waals surface area contributed by atoms with Crippen LogP contribution >= 0.6 is 11.8 Å². The molecule has 0 saturated carbocycles. The molecule has 1 unspecified atom stereocenters. The van der Waals surface area contributed by atoms with E-state index in [2.05, 4.69) is 17.2 Å². The first-order chi connectivity index (χ1) is 7.69. The van der Waals surface area contributed by atoms with E-state index in [1.165, 1.54) is 6.07 Å². The minimum Gasteiger partial charge on any atom is -0.335 e. The summed E-state index contributed by atoms with van der Waals surface area (Å²) in [5.41, 5.74) is 1.43. The van der Waals surface area contributed by atoms with Crippen molar-refractivity contribution in [3.05, 3.63) is 29.6 Å². The Kier molecular flexibility index (Phi) is 3.49. The lowest BCUT2D eigenvalue weighted by atomic mass is 10.2. The van der Waals surface area contributed by atoms with Crippen LogP contribution in [0, 0.1) is 12.7 Å². The van der Waals surface area contributed by atoms with Gasteiger partial charge < -0.3 is 5.32 Å². The number of hydrogen-bond donors (Lipinski definition) is 1. The molecule has 2 nitrogen and oxygen atoms in total. The zero-order chi connectivity index (χ0) is 11.5. The van der Waals surface area contributed by atoms with Crippen molar-refractivity contribution in [2.24, 2.45) is 4.99 Å². The summed E-state index contributed by atoms with van der Waals surface area (Å²) in [7, 11) is 0. The van der Waals surface area contributed by atoms with Gasteiger partial charge in [-0.25, -0.2) is 4.39 Å². The molecule has 0 spiro atoms. The highest BCUT2D eigenvalue weighted by Crippen LogP contribution is 2.25. The minimum absolute atomic E-state index is 0.180. The summed E-state index contributed by atoms with van der Waals surface area (Å²) in [4.78, 5) is 4.38. The number of aryl methyl sites for hydroxylation is 1. The third-order valence-electron chi connectivity index (χ3n) is 2.60. The predicted molar refractivity (Wildman–Crippen MR) is 68.7 cm³/mol. The van der Waals surface area contributed by atoms with Gasteiger partial charge in [-0.2, -0.15) is 0 Å². The Morgan fingerprint density at radius 3 is 3.00 bits per heavy atom. The number of amidine groups is 1. The van der Waals surface area contributed by atoms with Crippen LogP contribution in [0.1, 0.15) is 18.9 Å². The molecular weight excluding hydrogens is 223 g/mol. The normalized spacial score (nSPS) is 19.7. The Morgan fingerprint density at radius 2 is 2.38 bits per heavy atom. The Hall–Kier alpha value is -1.03. The molecule has 16 heavy (non-hydrogen) atoms. The molecule has 86 valence electrons. The molecule has 0 aromatic heterocycles. The summed E-state index contributed by atoms with van der Waals surface area (Å²) in [5, 5.41) is 4.61. The van der Waals surface area contributed by atoms with Crippen molar-refractivity contribution in [3.8, 4) is 0 Å². The van der Waals surface area contributed by atoms with E-state index in [4.69, 9.17) is 0 Å². The Morgan fingerprint density at radius 1 is 1.56 bits per heavy atom. The third-order valence-corrected chi connectivity index (χ3v) is 3.87. The quantitative estimate of drug-likeness (QED) is 0.853. The highest BCUT2D eigenvalue weighted by atomic mass is 32.2. The molecule has 0 bridgehead atoms. The average molecular weight is 238 g/mol. The second kappa shape index (κ2) is 4.87. The van der Waals surface area contributed by atoms with E-state index in [-0.39, 0.29) is 5.82 Å². The van der Waals surface area contributed by atoms with Crippen molar-refractivity contribution in [2.45, 2.75) is 25.5 Å². The zero-order valence-corrected chi connectivity index (χ0v) is 10.3. The number of nitrogens with one attached hydrogen (secondary N) is 1. The number of anilines is 1. The molecule has 0 fully saturated rings. The van der Waals surface area contributed by atoms with E-state index in [1.54, 1.807) is 24.8 Å². The van der Waals surface area contributed by atoms with Crippen molar-refractivity contribution in [3.63, 3.8) is 0 Å². The molecule has 1 heterocycles. The van der Waals surface area contributed by atoms with Crippen LogP contribution in [0.25, 0.3) is 0 Å². The van der Waals surface area contributed by atoms with Crippen LogP contribution in [0.4, 0.5) is 10.1 Å². The summed E-state index contributed by atoms with van der Waals surface area (Å²) >= 11 is 1.73. The molecule has 1 aromatic rings. The Bertz CT molecular complexity index is 417. The Labute approximate surface area is 99.3 Å². The average Bonchev–Trinajstić information content (AvgIpc) is 2.71. The summed E-state index contributed by atoms with van der Waals surface area (Å²) in [6.45, 7) is 4.77. The summed E-state index contributed by atoms with van der Waals surface area (Å²) in [5.74, 6) is -0.180. The van der Waals surface area contributed by atoms with Crippen LogP contribution < -0.4 is 5.32 Å². The van der Waals surface area contributed by atoms with Crippen molar-refractivity contribution in [1.82, 2.24) is 0 Å². The highest BCUT2D eigenvalue weighted by Gasteiger charge is 2.17. The van der Waals surface area contributed by atoms with Crippen LogP contribution in [0.3, 0.4) is 0 Å². The molecule has 0 saturated heterocycles. The fraction of sp³-hybridized carbons (Fsp3) is 0.417. The fourth-order valence-electron chi connectivity index (χ4n) is 1.49. The van der Waals surface area contributed by atoms with Gasteiger partial charge in [-0.15, -0.1) is 0 Å². The molecule has 1 atom stereocenters. The standard InChI is InChI=1S/C12H15FN2S/c1-3-10-7-14-12(16-10)15-9-5-4-8(2)11(13)6-9/h4-6,10H,3,7H2,1-2H3,(H,14,15). The van der Waals surface area contributed by atoms with Crippen LogP contribution in [-0.4, -0.2) is 17.0 Å². The number of hydrogen-bond acceptors (Lipinski definition) is 3. The predicted octanol–water partition coefficient (Wildman–Crippen LogP) is 3.43. The smallest absolute Gasteiger partial charge is 0.161 e. The second-order valence-corrected chi connectivity index (χ2v) is 5.17. The van der Waals surface area contributed by atoms with Gasteiger partial charge in [0.15, 0.2) is 5.17 Å². The van der Waals surface area contributed by atoms with E-state index in [0.29, 0.717) is 10.8 Å². The zero-order valence-electron chi connectivity index (χ0n) is 9.46. The molecule has 0 radical (unpaired) electrons. The van der Waals surface area contributed by atoms with Gasteiger partial charge >= 0.3 is 0 Å². The van der Waals surface area contributed by atoms with Gasteiger partial charge in [0.1, 0.15) is 5.82 Å². The van der Waals surface area contributed by atoms with Gasteiger partial charge in [-0.05, 0) is 31.0 Å². The van der Waals surface area contributed by atoms with Gasteiger partial charge in [0.2, 0.25) is 0 Å². The summed E-state index contributed by atoms with van der Waals surface area (Å²) < 4.78 is 13.3. The maximum absolute atomic E-state index is 13.3. The van der Waals surface area contributed by atoms with Gasteiger partial charge in [0.05, 0.1) is 6.54 Å². The lowest BCUT2D eigenvalue weighted by Crippen LogP contribution is -2.07. The van der Waals surface area contributed by atoms with Crippen LogP contribution in [0.15, 0.2) is 23.2 Å². The van der Waals surface area contributed by atoms with Gasteiger partial charge in [-0.1, -0.05) is 24.8 Å². The molecule has 1 aliphatic rings. The Balaban J connectivity index is 2.02. The van der Waals surface area contributed by atoms with E-state index in [9.17, 15) is 4.39 Å². The largest absolute Gasteiger partial charge is 0.335 e. The molecule has 1 N–H and O–H groups in total. The molecule has 0 amide bonds. The molecule has 4 heteroatoms. The first kappa shape index (κ1) is 11.5. The van der Waals surface area contributed by atoms with Crippen molar-refractivity contribution in [2.75, 3.05) is 11.9 Å². The number of thioether (sulfide) groups is 1. The number of rotatable bonds is 2. The summed E-state index contributed by atoms with van der Waals surface area (Å²) in [6, 6.07) is 5.16.